The molecule has 202 valence electrons. The maximum Gasteiger partial charge on any atom is 0.303 e. The molecule has 0 aliphatic carbocycles. The number of carboxylic acids is 1. The molecule has 4 aromatic rings. The summed E-state index contributed by atoms with van der Waals surface area (Å²) in [4.78, 5) is 31.5. The van der Waals surface area contributed by atoms with Crippen LogP contribution in [0.4, 0.5) is 11.4 Å². The quantitative estimate of drug-likeness (QED) is 0.194. The molecule has 4 aromatic carbocycles. The van der Waals surface area contributed by atoms with Gasteiger partial charge in [0.15, 0.2) is 0 Å². The first-order valence-electron chi connectivity index (χ1n) is 13.2. The van der Waals surface area contributed by atoms with E-state index in [0.717, 1.165) is 45.6 Å². The second-order valence-corrected chi connectivity index (χ2v) is 11.0. The number of aliphatic carboxylic acids is 1. The third-order valence-electron chi connectivity index (χ3n) is 6.93. The van der Waals surface area contributed by atoms with Gasteiger partial charge in [-0.1, -0.05) is 88.7 Å². The molecule has 0 saturated heterocycles. The largest absolute Gasteiger partial charge is 0.481 e. The summed E-state index contributed by atoms with van der Waals surface area (Å²) in [5, 5.41) is 12.0. The monoisotopic (exact) mass is 595 g/mol. The number of rotatable bonds is 10. The van der Waals surface area contributed by atoms with Gasteiger partial charge in [0.2, 0.25) is 5.91 Å². The van der Waals surface area contributed by atoms with Gasteiger partial charge in [-0.2, -0.15) is 0 Å². The predicted molar refractivity (Wildman–Crippen MR) is 162 cm³/mol. The average Bonchev–Trinajstić information content (AvgIpc) is 3.26. The number of benzene rings is 4. The second kappa shape index (κ2) is 12.4. The van der Waals surface area contributed by atoms with E-state index >= 15 is 0 Å². The molecule has 5 rings (SSSR count). The fourth-order valence-electron chi connectivity index (χ4n) is 4.97. The zero-order valence-electron chi connectivity index (χ0n) is 22.2. The molecule has 0 bridgehead atoms. The Labute approximate surface area is 242 Å². The van der Waals surface area contributed by atoms with Crippen molar-refractivity contribution in [2.24, 2.45) is 4.99 Å². The predicted octanol–water partition coefficient (Wildman–Crippen LogP) is 6.96. The summed E-state index contributed by atoms with van der Waals surface area (Å²) in [6.07, 6.45) is 0.517. The van der Waals surface area contributed by atoms with Crippen LogP contribution in [0.3, 0.4) is 0 Å². The maximum absolute atomic E-state index is 13.2. The normalized spacial score (nSPS) is 14.7. The minimum Gasteiger partial charge on any atom is -0.481 e. The highest BCUT2D eigenvalue weighted by Crippen LogP contribution is 2.38. The van der Waals surface area contributed by atoms with Crippen molar-refractivity contribution in [2.75, 3.05) is 12.4 Å². The third-order valence-corrected chi connectivity index (χ3v) is 7.42. The standard InChI is InChI=1S/C33H30BrN3O3/c1-37(20-23-5-3-2-4-6-23)21-24-9-15-27(16-10-24)35-32(25-12-7-22(8-13-25)11-18-30(38)39)31-28-17-14-26(34)19-29(28)36-33(31)40/h2-10,12-17,19,31H,11,18,20-21H2,1H3,(H,36,40)(H,38,39). The first kappa shape index (κ1) is 27.5. The van der Waals surface area contributed by atoms with Crippen molar-refractivity contribution < 1.29 is 14.7 Å². The van der Waals surface area contributed by atoms with E-state index in [1.54, 1.807) is 0 Å². The van der Waals surface area contributed by atoms with E-state index in [0.29, 0.717) is 12.1 Å². The van der Waals surface area contributed by atoms with E-state index in [4.69, 9.17) is 10.1 Å². The van der Waals surface area contributed by atoms with Gasteiger partial charge in [-0.05, 0) is 65.6 Å². The summed E-state index contributed by atoms with van der Waals surface area (Å²) in [5.41, 5.74) is 7.25. The summed E-state index contributed by atoms with van der Waals surface area (Å²) < 4.78 is 0.890. The lowest BCUT2D eigenvalue weighted by molar-refractivity contribution is -0.137. The molecular weight excluding hydrogens is 566 g/mol. The lowest BCUT2D eigenvalue weighted by Crippen LogP contribution is -2.22. The van der Waals surface area contributed by atoms with Crippen LogP contribution in [0.2, 0.25) is 0 Å². The number of hydrogen-bond donors (Lipinski definition) is 2. The molecule has 0 radical (unpaired) electrons. The van der Waals surface area contributed by atoms with E-state index in [1.807, 2.05) is 60.7 Å². The molecule has 0 aromatic heterocycles. The van der Waals surface area contributed by atoms with Crippen LogP contribution in [-0.2, 0) is 29.1 Å². The van der Waals surface area contributed by atoms with E-state index < -0.39 is 11.9 Å². The van der Waals surface area contributed by atoms with Crippen molar-refractivity contribution in [3.8, 4) is 0 Å². The van der Waals surface area contributed by atoms with Crippen LogP contribution in [-0.4, -0.2) is 34.6 Å². The Morgan fingerprint density at radius 2 is 1.55 bits per heavy atom. The van der Waals surface area contributed by atoms with Gasteiger partial charge in [-0.3, -0.25) is 19.5 Å². The minimum atomic E-state index is -0.827. The maximum atomic E-state index is 13.2. The molecule has 1 amide bonds. The van der Waals surface area contributed by atoms with Crippen LogP contribution < -0.4 is 5.32 Å². The Balaban J connectivity index is 1.42. The first-order valence-corrected chi connectivity index (χ1v) is 14.0. The number of fused-ring (bicyclic) bond motifs is 1. The topological polar surface area (TPSA) is 82.0 Å². The van der Waals surface area contributed by atoms with Gasteiger partial charge in [0.1, 0.15) is 5.92 Å². The zero-order valence-corrected chi connectivity index (χ0v) is 23.8. The summed E-state index contributed by atoms with van der Waals surface area (Å²) >= 11 is 3.49. The van der Waals surface area contributed by atoms with Crippen molar-refractivity contribution in [2.45, 2.75) is 31.8 Å². The lowest BCUT2D eigenvalue weighted by atomic mass is 9.90. The number of aryl methyl sites for hydroxylation is 1. The number of aliphatic imine (C=N–C) groups is 1. The van der Waals surface area contributed by atoms with E-state index in [-0.39, 0.29) is 12.3 Å². The summed E-state index contributed by atoms with van der Waals surface area (Å²) in [6.45, 7) is 1.66. The van der Waals surface area contributed by atoms with Crippen LogP contribution in [0.1, 0.15) is 40.2 Å². The summed E-state index contributed by atoms with van der Waals surface area (Å²) in [7, 11) is 2.10. The Kier molecular flexibility index (Phi) is 8.53. The molecule has 0 fully saturated rings. The van der Waals surface area contributed by atoms with Crippen molar-refractivity contribution in [1.82, 2.24) is 4.90 Å². The SMILES string of the molecule is CN(Cc1ccccc1)Cc1ccc(N=C(c2ccc(CCC(=O)O)cc2)C2C(=O)Nc3cc(Br)ccc32)cc1. The number of carbonyl (C=O) groups excluding carboxylic acids is 1. The first-order chi connectivity index (χ1) is 19.4. The number of nitrogens with zero attached hydrogens (tertiary/aromatic N) is 2. The second-order valence-electron chi connectivity index (χ2n) is 10.1. The number of hydrogen-bond acceptors (Lipinski definition) is 4. The highest BCUT2D eigenvalue weighted by molar-refractivity contribution is 9.10. The zero-order chi connectivity index (χ0) is 28.1. The fourth-order valence-corrected chi connectivity index (χ4v) is 5.33. The Morgan fingerprint density at radius 3 is 2.23 bits per heavy atom. The van der Waals surface area contributed by atoms with Gasteiger partial charge in [0.25, 0.3) is 0 Å². The molecule has 1 atom stereocenters. The van der Waals surface area contributed by atoms with E-state index in [9.17, 15) is 9.59 Å². The van der Waals surface area contributed by atoms with Crippen LogP contribution in [0.15, 0.2) is 107 Å². The number of carbonyl (C=O) groups is 2. The van der Waals surface area contributed by atoms with Crippen molar-refractivity contribution in [1.29, 1.82) is 0 Å². The van der Waals surface area contributed by atoms with Gasteiger partial charge in [0.05, 0.1) is 11.4 Å². The van der Waals surface area contributed by atoms with Gasteiger partial charge in [-0.15, -0.1) is 0 Å². The van der Waals surface area contributed by atoms with Crippen LogP contribution >= 0.6 is 15.9 Å². The molecule has 1 aliphatic rings. The van der Waals surface area contributed by atoms with Crippen molar-refractivity contribution in [3.05, 3.63) is 129 Å². The lowest BCUT2D eigenvalue weighted by Gasteiger charge is -2.17. The highest BCUT2D eigenvalue weighted by Gasteiger charge is 2.35. The fraction of sp³-hybridized carbons (Fsp3) is 0.182. The Hall–Kier alpha value is -4.07. The van der Waals surface area contributed by atoms with Crippen LogP contribution in [0, 0.1) is 0 Å². The summed E-state index contributed by atoms with van der Waals surface area (Å²) in [5.74, 6) is -1.52. The van der Waals surface area contributed by atoms with Gasteiger partial charge in [-0.25, -0.2) is 0 Å². The number of anilines is 1. The molecule has 6 nitrogen and oxygen atoms in total. The number of halogens is 1. The van der Waals surface area contributed by atoms with Gasteiger partial charge in [0, 0.05) is 29.7 Å². The Bertz CT molecular complexity index is 1530. The Morgan fingerprint density at radius 1 is 0.900 bits per heavy atom. The molecule has 1 heterocycles. The number of amides is 1. The molecular formula is C33H30BrN3O3. The molecule has 1 unspecified atom stereocenters. The smallest absolute Gasteiger partial charge is 0.303 e. The minimum absolute atomic E-state index is 0.0699. The summed E-state index contributed by atoms with van der Waals surface area (Å²) in [6, 6.07) is 32.0. The van der Waals surface area contributed by atoms with Gasteiger partial charge >= 0.3 is 5.97 Å². The van der Waals surface area contributed by atoms with Crippen molar-refractivity contribution in [3.63, 3.8) is 0 Å². The molecule has 0 spiro atoms. The van der Waals surface area contributed by atoms with Crippen molar-refractivity contribution >= 4 is 44.9 Å². The molecule has 1 aliphatic heterocycles. The van der Waals surface area contributed by atoms with Gasteiger partial charge < -0.3 is 10.4 Å². The third kappa shape index (κ3) is 6.73. The highest BCUT2D eigenvalue weighted by atomic mass is 79.9. The molecule has 40 heavy (non-hydrogen) atoms. The van der Waals surface area contributed by atoms with Crippen LogP contribution in [0.5, 0.6) is 0 Å². The number of carboxylic acid groups (broad SMARTS) is 1. The average molecular weight is 597 g/mol. The van der Waals surface area contributed by atoms with E-state index in [1.165, 1.54) is 11.1 Å². The molecule has 7 heteroatoms. The number of nitrogens with one attached hydrogen (secondary N) is 1. The van der Waals surface area contributed by atoms with E-state index in [2.05, 4.69) is 69.6 Å². The van der Waals surface area contributed by atoms with Crippen LogP contribution in [0.25, 0.3) is 0 Å². The molecule has 0 saturated carbocycles. The molecule has 2 N–H and O–H groups in total.